The fraction of sp³-hybridized carbons (Fsp3) is 0.800. The molecule has 100 valence electrons. The van der Waals surface area contributed by atoms with E-state index in [2.05, 4.69) is 0 Å². The summed E-state index contributed by atoms with van der Waals surface area (Å²) in [6, 6.07) is 0. The van der Waals surface area contributed by atoms with Gasteiger partial charge in [0.15, 0.2) is 0 Å². The van der Waals surface area contributed by atoms with Crippen LogP contribution in [0.3, 0.4) is 0 Å². The number of alkyl halides is 3. The van der Waals surface area contributed by atoms with E-state index >= 15 is 0 Å². The Labute approximate surface area is 97.2 Å². The molecule has 0 aromatic heterocycles. The first kappa shape index (κ1) is 15.7. The first-order chi connectivity index (χ1) is 7.56. The van der Waals surface area contributed by atoms with Crippen molar-refractivity contribution < 1.29 is 27.9 Å². The molecule has 0 aliphatic carbocycles. The Balaban J connectivity index is 4.92. The van der Waals surface area contributed by atoms with Crippen LogP contribution < -0.4 is 5.32 Å². The van der Waals surface area contributed by atoms with E-state index in [0.29, 0.717) is 19.8 Å². The molecule has 0 heterocycles. The number of halogens is 3. The molecule has 0 saturated carbocycles. The zero-order valence-corrected chi connectivity index (χ0v) is 9.89. The summed E-state index contributed by atoms with van der Waals surface area (Å²) in [6.07, 6.45) is -4.01. The summed E-state index contributed by atoms with van der Waals surface area (Å²) in [5.74, 6) is -3.68. The molecule has 4 nitrogen and oxygen atoms in total. The van der Waals surface area contributed by atoms with Gasteiger partial charge in [-0.1, -0.05) is 20.3 Å². The van der Waals surface area contributed by atoms with E-state index < -0.39 is 29.5 Å². The normalized spacial score (nSPS) is 17.1. The van der Waals surface area contributed by atoms with Gasteiger partial charge in [0.2, 0.25) is 11.4 Å². The van der Waals surface area contributed by atoms with Crippen LogP contribution in [-0.2, 0) is 9.59 Å². The molecule has 0 aliphatic rings. The highest BCUT2D eigenvalue weighted by Gasteiger charge is 2.58. The minimum absolute atomic E-state index is 0.402. The van der Waals surface area contributed by atoms with E-state index in [-0.39, 0.29) is 0 Å². The van der Waals surface area contributed by atoms with Gasteiger partial charge in [-0.05, 0) is 13.3 Å². The molecule has 0 bridgehead atoms. The molecular formula is C10H16F3NO3. The standard InChI is InChI=1S/C10H16F3NO3/c1-4-5-6(2)7(15)14-9(3,8(16)17)10(11,12)13/h6H,4-5H2,1-3H3,(H,14,15)(H,16,17). The van der Waals surface area contributed by atoms with Crippen LogP contribution >= 0.6 is 0 Å². The molecule has 17 heavy (non-hydrogen) atoms. The summed E-state index contributed by atoms with van der Waals surface area (Å²) in [7, 11) is 0. The molecule has 0 fully saturated rings. The molecule has 0 radical (unpaired) electrons. The third kappa shape index (κ3) is 3.61. The highest BCUT2D eigenvalue weighted by atomic mass is 19.4. The second kappa shape index (κ2) is 5.37. The summed E-state index contributed by atoms with van der Waals surface area (Å²) in [6.45, 7) is 3.67. The summed E-state index contributed by atoms with van der Waals surface area (Å²) in [4.78, 5) is 22.1. The Morgan fingerprint density at radius 2 is 1.82 bits per heavy atom. The maximum absolute atomic E-state index is 12.6. The van der Waals surface area contributed by atoms with Gasteiger partial charge in [-0.3, -0.25) is 4.79 Å². The number of hydrogen-bond acceptors (Lipinski definition) is 2. The fourth-order valence-corrected chi connectivity index (χ4v) is 1.18. The van der Waals surface area contributed by atoms with E-state index in [0.717, 1.165) is 0 Å². The fourth-order valence-electron chi connectivity index (χ4n) is 1.18. The van der Waals surface area contributed by atoms with Gasteiger partial charge in [-0.2, -0.15) is 13.2 Å². The predicted molar refractivity (Wildman–Crippen MR) is 54.3 cm³/mol. The molecule has 0 aromatic carbocycles. The molecule has 2 N–H and O–H groups in total. The van der Waals surface area contributed by atoms with Gasteiger partial charge in [-0.25, -0.2) is 4.79 Å². The summed E-state index contributed by atoms with van der Waals surface area (Å²) < 4.78 is 37.7. The van der Waals surface area contributed by atoms with Gasteiger partial charge in [0, 0.05) is 5.92 Å². The molecule has 0 spiro atoms. The molecule has 0 saturated heterocycles. The van der Waals surface area contributed by atoms with Crippen molar-refractivity contribution in [2.45, 2.75) is 45.3 Å². The Kier molecular flexibility index (Phi) is 4.97. The van der Waals surface area contributed by atoms with Crippen molar-refractivity contribution in [3.05, 3.63) is 0 Å². The predicted octanol–water partition coefficient (Wildman–Crippen LogP) is 1.94. The van der Waals surface area contributed by atoms with E-state index in [1.165, 1.54) is 6.92 Å². The first-order valence-electron chi connectivity index (χ1n) is 5.18. The van der Waals surface area contributed by atoms with Gasteiger partial charge in [-0.15, -0.1) is 0 Å². The van der Waals surface area contributed by atoms with Crippen molar-refractivity contribution in [3.8, 4) is 0 Å². The first-order valence-corrected chi connectivity index (χ1v) is 5.18. The highest BCUT2D eigenvalue weighted by Crippen LogP contribution is 2.30. The molecular weight excluding hydrogens is 239 g/mol. The number of aliphatic carboxylic acids is 1. The van der Waals surface area contributed by atoms with Gasteiger partial charge in [0.25, 0.3) is 0 Å². The number of nitrogens with one attached hydrogen (secondary N) is 1. The van der Waals surface area contributed by atoms with Crippen molar-refractivity contribution in [3.63, 3.8) is 0 Å². The highest BCUT2D eigenvalue weighted by molar-refractivity contribution is 5.88. The lowest BCUT2D eigenvalue weighted by Gasteiger charge is -2.29. The lowest BCUT2D eigenvalue weighted by Crippen LogP contribution is -2.62. The lowest BCUT2D eigenvalue weighted by molar-refractivity contribution is -0.207. The van der Waals surface area contributed by atoms with Crippen molar-refractivity contribution in [1.29, 1.82) is 0 Å². The maximum atomic E-state index is 12.6. The Bertz CT molecular complexity index is 304. The number of hydrogen-bond donors (Lipinski definition) is 2. The largest absolute Gasteiger partial charge is 0.479 e. The van der Waals surface area contributed by atoms with Crippen LogP contribution in [0.1, 0.15) is 33.6 Å². The van der Waals surface area contributed by atoms with Crippen LogP contribution in [-0.4, -0.2) is 28.7 Å². The van der Waals surface area contributed by atoms with E-state index in [4.69, 9.17) is 5.11 Å². The topological polar surface area (TPSA) is 66.4 Å². The quantitative estimate of drug-likeness (QED) is 0.789. The SMILES string of the molecule is CCCC(C)C(=O)NC(C)(C(=O)O)C(F)(F)F. The van der Waals surface area contributed by atoms with Gasteiger partial charge in [0.1, 0.15) is 0 Å². The van der Waals surface area contributed by atoms with Crippen molar-refractivity contribution in [2.75, 3.05) is 0 Å². The van der Waals surface area contributed by atoms with E-state index in [1.54, 1.807) is 12.2 Å². The molecule has 2 atom stereocenters. The number of amides is 1. The molecule has 2 unspecified atom stereocenters. The molecule has 0 aromatic rings. The zero-order chi connectivity index (χ0) is 13.9. The second-order valence-corrected chi connectivity index (χ2v) is 4.11. The number of carboxylic acid groups (broad SMARTS) is 1. The molecule has 0 rings (SSSR count). The van der Waals surface area contributed by atoms with Crippen molar-refractivity contribution in [1.82, 2.24) is 5.32 Å². The third-order valence-corrected chi connectivity index (χ3v) is 2.54. The Morgan fingerprint density at radius 1 is 1.35 bits per heavy atom. The molecule has 7 heteroatoms. The summed E-state index contributed by atoms with van der Waals surface area (Å²) in [5, 5.41) is 10.1. The van der Waals surface area contributed by atoms with E-state index in [1.807, 2.05) is 0 Å². The summed E-state index contributed by atoms with van der Waals surface area (Å²) in [5.41, 5.74) is -3.24. The maximum Gasteiger partial charge on any atom is 0.422 e. The van der Waals surface area contributed by atoms with E-state index in [9.17, 15) is 22.8 Å². The average Bonchev–Trinajstić information content (AvgIpc) is 2.15. The Hall–Kier alpha value is -1.27. The summed E-state index contributed by atoms with van der Waals surface area (Å²) >= 11 is 0. The van der Waals surface area contributed by atoms with Crippen LogP contribution in [0.4, 0.5) is 13.2 Å². The Morgan fingerprint density at radius 3 is 2.12 bits per heavy atom. The smallest absolute Gasteiger partial charge is 0.422 e. The number of carbonyl (C=O) groups is 2. The number of carbonyl (C=O) groups excluding carboxylic acids is 1. The van der Waals surface area contributed by atoms with Crippen LogP contribution in [0.5, 0.6) is 0 Å². The minimum atomic E-state index is -5.04. The lowest BCUT2D eigenvalue weighted by atomic mass is 9.98. The van der Waals surface area contributed by atoms with Crippen LogP contribution in [0.15, 0.2) is 0 Å². The van der Waals surface area contributed by atoms with Gasteiger partial charge < -0.3 is 10.4 Å². The minimum Gasteiger partial charge on any atom is -0.479 e. The van der Waals surface area contributed by atoms with Crippen LogP contribution in [0.2, 0.25) is 0 Å². The zero-order valence-electron chi connectivity index (χ0n) is 9.89. The second-order valence-electron chi connectivity index (χ2n) is 4.11. The number of carboxylic acids is 1. The average molecular weight is 255 g/mol. The van der Waals surface area contributed by atoms with Gasteiger partial charge >= 0.3 is 12.1 Å². The van der Waals surface area contributed by atoms with Crippen LogP contribution in [0, 0.1) is 5.92 Å². The van der Waals surface area contributed by atoms with Gasteiger partial charge in [0.05, 0.1) is 0 Å². The molecule has 1 amide bonds. The molecule has 0 aliphatic heterocycles. The monoisotopic (exact) mass is 255 g/mol. The third-order valence-electron chi connectivity index (χ3n) is 2.54. The van der Waals surface area contributed by atoms with Crippen molar-refractivity contribution in [2.24, 2.45) is 5.92 Å². The van der Waals surface area contributed by atoms with Crippen molar-refractivity contribution >= 4 is 11.9 Å². The van der Waals surface area contributed by atoms with Crippen LogP contribution in [0.25, 0.3) is 0 Å². The number of rotatable bonds is 5.